The minimum atomic E-state index is 0.659. The summed E-state index contributed by atoms with van der Waals surface area (Å²) in [6, 6.07) is 5.91. The molecule has 0 radical (unpaired) electrons. The molecule has 0 amide bonds. The van der Waals surface area contributed by atoms with Gasteiger partial charge in [-0.2, -0.15) is 0 Å². The first kappa shape index (κ1) is 14.2. The van der Waals surface area contributed by atoms with Gasteiger partial charge in [-0.3, -0.25) is 9.97 Å². The van der Waals surface area contributed by atoms with Crippen LogP contribution in [0, 0.1) is 0 Å². The van der Waals surface area contributed by atoms with E-state index in [-0.39, 0.29) is 0 Å². The van der Waals surface area contributed by atoms with Crippen LogP contribution < -0.4 is 4.74 Å². The highest BCUT2D eigenvalue weighted by atomic mass is 16.5. The maximum atomic E-state index is 5.66. The molecule has 2 rings (SSSR count). The second-order valence-electron chi connectivity index (χ2n) is 4.72. The Labute approximate surface area is 119 Å². The number of hydrogen-bond donors (Lipinski definition) is 0. The third-order valence-corrected chi connectivity index (χ3v) is 2.72. The van der Waals surface area contributed by atoms with Crippen molar-refractivity contribution in [1.29, 1.82) is 0 Å². The molecule has 0 unspecified atom stereocenters. The minimum Gasteiger partial charge on any atom is -0.491 e. The lowest BCUT2D eigenvalue weighted by Gasteiger charge is -2.10. The van der Waals surface area contributed by atoms with Crippen molar-refractivity contribution in [2.24, 2.45) is 0 Å². The molecular formula is C16H19N3O. The lowest BCUT2D eigenvalue weighted by atomic mass is 10.2. The number of likely N-dealkylation sites (N-methyl/N-ethyl adjacent to an activating group) is 1. The predicted octanol–water partition coefficient (Wildman–Crippen LogP) is 2.59. The Kier molecular flexibility index (Phi) is 5.26. The van der Waals surface area contributed by atoms with E-state index in [0.717, 1.165) is 23.4 Å². The molecule has 0 spiro atoms. The fourth-order valence-electron chi connectivity index (χ4n) is 1.62. The van der Waals surface area contributed by atoms with E-state index in [4.69, 9.17) is 4.74 Å². The highest BCUT2D eigenvalue weighted by Crippen LogP contribution is 2.13. The number of hydrogen-bond acceptors (Lipinski definition) is 4. The number of aromatic nitrogens is 2. The Hall–Kier alpha value is -2.20. The van der Waals surface area contributed by atoms with E-state index in [1.807, 2.05) is 50.6 Å². The smallest absolute Gasteiger partial charge is 0.138 e. The lowest BCUT2D eigenvalue weighted by molar-refractivity contribution is 0.260. The van der Waals surface area contributed by atoms with Gasteiger partial charge in [-0.25, -0.2) is 0 Å². The van der Waals surface area contributed by atoms with Crippen molar-refractivity contribution in [3.05, 3.63) is 54.1 Å². The van der Waals surface area contributed by atoms with Crippen LogP contribution in [0.4, 0.5) is 0 Å². The molecule has 0 saturated heterocycles. The first-order chi connectivity index (χ1) is 9.74. The van der Waals surface area contributed by atoms with Crippen LogP contribution in [0.5, 0.6) is 5.75 Å². The van der Waals surface area contributed by atoms with E-state index in [1.165, 1.54) is 0 Å². The zero-order valence-electron chi connectivity index (χ0n) is 11.9. The van der Waals surface area contributed by atoms with Gasteiger partial charge in [0.2, 0.25) is 0 Å². The first-order valence-corrected chi connectivity index (χ1v) is 6.55. The van der Waals surface area contributed by atoms with Crippen LogP contribution in [0.1, 0.15) is 11.1 Å². The monoisotopic (exact) mass is 269 g/mol. The molecule has 0 aromatic carbocycles. The Balaban J connectivity index is 1.97. The van der Waals surface area contributed by atoms with Crippen molar-refractivity contribution in [3.63, 3.8) is 0 Å². The molecule has 0 atom stereocenters. The molecule has 104 valence electrons. The van der Waals surface area contributed by atoms with Crippen LogP contribution in [-0.2, 0) is 0 Å². The molecule has 0 N–H and O–H groups in total. The van der Waals surface area contributed by atoms with E-state index in [1.54, 1.807) is 18.6 Å². The summed E-state index contributed by atoms with van der Waals surface area (Å²) in [5.74, 6) is 0.795. The van der Waals surface area contributed by atoms with E-state index >= 15 is 0 Å². The maximum absolute atomic E-state index is 5.66. The summed E-state index contributed by atoms with van der Waals surface area (Å²) in [5.41, 5.74) is 2.13. The van der Waals surface area contributed by atoms with Gasteiger partial charge in [0.1, 0.15) is 12.4 Å². The van der Waals surface area contributed by atoms with Crippen LogP contribution in [0.15, 0.2) is 43.0 Å². The maximum Gasteiger partial charge on any atom is 0.138 e. The van der Waals surface area contributed by atoms with Gasteiger partial charge in [0, 0.05) is 25.1 Å². The molecule has 20 heavy (non-hydrogen) atoms. The van der Waals surface area contributed by atoms with Crippen LogP contribution in [0.25, 0.3) is 12.2 Å². The topological polar surface area (TPSA) is 38.2 Å². The van der Waals surface area contributed by atoms with Gasteiger partial charge in [-0.1, -0.05) is 12.2 Å². The van der Waals surface area contributed by atoms with Crippen LogP contribution in [0.3, 0.4) is 0 Å². The Morgan fingerprint density at radius 2 is 1.80 bits per heavy atom. The van der Waals surface area contributed by atoms with E-state index in [0.29, 0.717) is 6.61 Å². The zero-order valence-corrected chi connectivity index (χ0v) is 11.9. The molecule has 0 bridgehead atoms. The summed E-state index contributed by atoms with van der Waals surface area (Å²) >= 11 is 0. The van der Waals surface area contributed by atoms with E-state index in [2.05, 4.69) is 14.9 Å². The fourth-order valence-corrected chi connectivity index (χ4v) is 1.62. The molecule has 0 aliphatic carbocycles. The summed E-state index contributed by atoms with van der Waals surface area (Å²) < 4.78 is 5.66. The average Bonchev–Trinajstić information content (AvgIpc) is 2.46. The second kappa shape index (κ2) is 7.40. The molecule has 4 nitrogen and oxygen atoms in total. The summed E-state index contributed by atoms with van der Waals surface area (Å²) in [5, 5.41) is 0. The number of nitrogens with zero attached hydrogens (tertiary/aromatic N) is 3. The summed E-state index contributed by atoms with van der Waals surface area (Å²) in [6.45, 7) is 1.54. The SMILES string of the molecule is CN(C)CCOc1cncc(/C=C/c2ccncc2)c1. The molecule has 2 heterocycles. The summed E-state index contributed by atoms with van der Waals surface area (Å²) in [6.07, 6.45) is 11.1. The third kappa shape index (κ3) is 4.82. The van der Waals surface area contributed by atoms with Gasteiger partial charge in [-0.05, 0) is 43.4 Å². The molecule has 0 fully saturated rings. The molecular weight excluding hydrogens is 250 g/mol. The van der Waals surface area contributed by atoms with Crippen LogP contribution in [-0.4, -0.2) is 42.1 Å². The van der Waals surface area contributed by atoms with Crippen molar-refractivity contribution in [1.82, 2.24) is 14.9 Å². The largest absolute Gasteiger partial charge is 0.491 e. The highest BCUT2D eigenvalue weighted by Gasteiger charge is 1.97. The minimum absolute atomic E-state index is 0.659. The predicted molar refractivity (Wildman–Crippen MR) is 81.5 cm³/mol. The van der Waals surface area contributed by atoms with Crippen molar-refractivity contribution in [3.8, 4) is 5.75 Å². The van der Waals surface area contributed by atoms with Gasteiger partial charge in [-0.15, -0.1) is 0 Å². The van der Waals surface area contributed by atoms with E-state index in [9.17, 15) is 0 Å². The Bertz CT molecular complexity index is 553. The average molecular weight is 269 g/mol. The van der Waals surface area contributed by atoms with Gasteiger partial charge in [0.05, 0.1) is 6.20 Å². The van der Waals surface area contributed by atoms with E-state index < -0.39 is 0 Å². The van der Waals surface area contributed by atoms with Crippen molar-refractivity contribution < 1.29 is 4.74 Å². The van der Waals surface area contributed by atoms with Gasteiger partial charge < -0.3 is 9.64 Å². The number of ether oxygens (including phenoxy) is 1. The van der Waals surface area contributed by atoms with Gasteiger partial charge in [0.15, 0.2) is 0 Å². The van der Waals surface area contributed by atoms with Crippen molar-refractivity contribution in [2.45, 2.75) is 0 Å². The second-order valence-corrected chi connectivity index (χ2v) is 4.72. The Morgan fingerprint density at radius 3 is 2.55 bits per heavy atom. The first-order valence-electron chi connectivity index (χ1n) is 6.55. The molecule has 4 heteroatoms. The lowest BCUT2D eigenvalue weighted by Crippen LogP contribution is -2.19. The zero-order chi connectivity index (χ0) is 14.2. The van der Waals surface area contributed by atoms with Gasteiger partial charge >= 0.3 is 0 Å². The molecule has 2 aromatic rings. The van der Waals surface area contributed by atoms with Crippen LogP contribution in [0.2, 0.25) is 0 Å². The Morgan fingerprint density at radius 1 is 1.05 bits per heavy atom. The highest BCUT2D eigenvalue weighted by molar-refractivity contribution is 5.69. The standard InChI is InChI=1S/C16H19N3O/c1-19(2)9-10-20-16-11-15(12-18-13-16)4-3-14-5-7-17-8-6-14/h3-8,11-13H,9-10H2,1-2H3/b4-3+. The molecule has 2 aromatic heterocycles. The van der Waals surface area contributed by atoms with Crippen molar-refractivity contribution >= 4 is 12.2 Å². The third-order valence-electron chi connectivity index (χ3n) is 2.72. The molecule has 0 saturated carbocycles. The summed E-state index contributed by atoms with van der Waals surface area (Å²) in [4.78, 5) is 10.3. The van der Waals surface area contributed by atoms with Gasteiger partial charge in [0.25, 0.3) is 0 Å². The van der Waals surface area contributed by atoms with Crippen molar-refractivity contribution in [2.75, 3.05) is 27.2 Å². The normalized spacial score (nSPS) is 11.2. The number of pyridine rings is 2. The molecule has 0 aliphatic heterocycles. The summed E-state index contributed by atoms with van der Waals surface area (Å²) in [7, 11) is 4.05. The van der Waals surface area contributed by atoms with Crippen LogP contribution >= 0.6 is 0 Å². The fraction of sp³-hybridized carbons (Fsp3) is 0.250. The quantitative estimate of drug-likeness (QED) is 0.808. The molecule has 0 aliphatic rings. The number of rotatable bonds is 6.